The molecule has 2 atom stereocenters. The van der Waals surface area contributed by atoms with Gasteiger partial charge < -0.3 is 0 Å². The highest BCUT2D eigenvalue weighted by Gasteiger charge is 2.32. The lowest BCUT2D eigenvalue weighted by atomic mass is 9.78. The smallest absolute Gasteiger partial charge is 0.0284 e. The topological polar surface area (TPSA) is 3.24 Å². The van der Waals surface area contributed by atoms with E-state index >= 15 is 0 Å². The average molecular weight is 297 g/mol. The van der Waals surface area contributed by atoms with E-state index in [2.05, 4.69) is 63.9 Å². The highest BCUT2D eigenvalue weighted by Crippen LogP contribution is 2.41. The first-order chi connectivity index (χ1) is 10.5. The van der Waals surface area contributed by atoms with Gasteiger partial charge in [0.2, 0.25) is 0 Å². The van der Waals surface area contributed by atoms with Crippen molar-refractivity contribution >= 4 is 5.57 Å². The second-order valence-corrected chi connectivity index (χ2v) is 7.83. The van der Waals surface area contributed by atoms with Gasteiger partial charge in [0.1, 0.15) is 0 Å². The van der Waals surface area contributed by atoms with Gasteiger partial charge in [-0.2, -0.15) is 0 Å². The van der Waals surface area contributed by atoms with Gasteiger partial charge in [-0.15, -0.1) is 0 Å². The van der Waals surface area contributed by atoms with E-state index in [-0.39, 0.29) is 0 Å². The summed E-state index contributed by atoms with van der Waals surface area (Å²) in [6.07, 6.45) is 7.91. The van der Waals surface area contributed by atoms with Gasteiger partial charge in [-0.1, -0.05) is 58.4 Å². The fraction of sp³-hybridized carbons (Fsp3) is 0.619. The fourth-order valence-electron chi connectivity index (χ4n) is 4.35. The van der Waals surface area contributed by atoms with Crippen LogP contribution in [0, 0.1) is 0 Å². The Morgan fingerprint density at radius 1 is 1.00 bits per heavy atom. The molecular formula is C21H31N. The number of rotatable bonds is 3. The van der Waals surface area contributed by atoms with Crippen molar-refractivity contribution in [3.05, 3.63) is 41.0 Å². The van der Waals surface area contributed by atoms with Crippen LogP contribution in [0.3, 0.4) is 0 Å². The van der Waals surface area contributed by atoms with Gasteiger partial charge in [-0.3, -0.25) is 4.90 Å². The molecule has 3 rings (SSSR count). The summed E-state index contributed by atoms with van der Waals surface area (Å²) in [4.78, 5) is 2.61. The minimum Gasteiger partial charge on any atom is -0.297 e. The zero-order chi connectivity index (χ0) is 15.9. The van der Waals surface area contributed by atoms with E-state index in [0.29, 0.717) is 17.9 Å². The third-order valence-electron chi connectivity index (χ3n) is 5.68. The van der Waals surface area contributed by atoms with Crippen molar-refractivity contribution in [3.8, 4) is 0 Å². The molecule has 2 aliphatic heterocycles. The number of hydrogen-bond acceptors (Lipinski definition) is 1. The molecule has 0 saturated carbocycles. The number of benzene rings is 1. The molecular weight excluding hydrogens is 266 g/mol. The molecule has 0 aromatic heterocycles. The standard InChI is InChI=1S/C21H31N/c1-14(2)19-10-7-11-20(15(3)4)21(19)16-12-17-8-6-9-18(13-16)22(17)5/h7,10-12,14-15,17-18H,6,8-9,13H2,1-5H3. The fourth-order valence-corrected chi connectivity index (χ4v) is 4.35. The maximum absolute atomic E-state index is 2.61. The monoisotopic (exact) mass is 297 g/mol. The van der Waals surface area contributed by atoms with Gasteiger partial charge in [0.05, 0.1) is 0 Å². The van der Waals surface area contributed by atoms with E-state index in [1.165, 1.54) is 25.7 Å². The first-order valence-corrected chi connectivity index (χ1v) is 9.04. The molecule has 1 nitrogen and oxygen atoms in total. The molecule has 1 aromatic rings. The predicted molar refractivity (Wildman–Crippen MR) is 96.4 cm³/mol. The molecule has 0 N–H and O–H groups in total. The molecule has 1 saturated heterocycles. The Labute approximate surface area is 136 Å². The van der Waals surface area contributed by atoms with Gasteiger partial charge in [0.15, 0.2) is 0 Å². The lowest BCUT2D eigenvalue weighted by Gasteiger charge is -2.43. The van der Waals surface area contributed by atoms with Crippen LogP contribution in [0.2, 0.25) is 0 Å². The van der Waals surface area contributed by atoms with E-state index in [4.69, 9.17) is 0 Å². The Balaban J connectivity index is 2.11. The van der Waals surface area contributed by atoms with Crippen LogP contribution in [0.4, 0.5) is 0 Å². The number of hydrogen-bond donors (Lipinski definition) is 0. The summed E-state index contributed by atoms with van der Waals surface area (Å²) in [5.74, 6) is 1.18. The van der Waals surface area contributed by atoms with Gasteiger partial charge in [-0.05, 0) is 60.4 Å². The molecule has 1 heteroatoms. The summed E-state index contributed by atoms with van der Waals surface area (Å²) < 4.78 is 0. The Kier molecular flexibility index (Phi) is 4.45. The van der Waals surface area contributed by atoms with Crippen LogP contribution in [0.5, 0.6) is 0 Å². The van der Waals surface area contributed by atoms with Gasteiger partial charge in [0, 0.05) is 12.1 Å². The Morgan fingerprint density at radius 3 is 2.18 bits per heavy atom. The summed E-state index contributed by atoms with van der Waals surface area (Å²) in [5.41, 5.74) is 6.29. The molecule has 2 bridgehead atoms. The van der Waals surface area contributed by atoms with Crippen LogP contribution in [0.25, 0.3) is 5.57 Å². The quantitative estimate of drug-likeness (QED) is 0.704. The number of fused-ring (bicyclic) bond motifs is 2. The second-order valence-electron chi connectivity index (χ2n) is 7.83. The molecule has 1 fully saturated rings. The SMILES string of the molecule is CC(C)c1cccc(C(C)C)c1C1=CC2CCCC(C1)N2C. The number of piperidine rings is 1. The van der Waals surface area contributed by atoms with E-state index in [1.807, 2.05) is 0 Å². The summed E-state index contributed by atoms with van der Waals surface area (Å²) in [5, 5.41) is 0. The third-order valence-corrected chi connectivity index (χ3v) is 5.68. The predicted octanol–water partition coefficient (Wildman–Crippen LogP) is 5.57. The highest BCUT2D eigenvalue weighted by molar-refractivity contribution is 5.74. The zero-order valence-corrected chi connectivity index (χ0v) is 14.9. The first-order valence-electron chi connectivity index (χ1n) is 9.04. The maximum atomic E-state index is 2.61. The van der Waals surface area contributed by atoms with E-state index in [0.717, 1.165) is 6.04 Å². The molecule has 2 heterocycles. The Morgan fingerprint density at radius 2 is 1.64 bits per heavy atom. The molecule has 0 amide bonds. The van der Waals surface area contributed by atoms with E-state index < -0.39 is 0 Å². The summed E-state index contributed by atoms with van der Waals surface area (Å²) in [6, 6.07) is 8.35. The largest absolute Gasteiger partial charge is 0.297 e. The zero-order valence-electron chi connectivity index (χ0n) is 14.9. The van der Waals surface area contributed by atoms with Crippen molar-refractivity contribution in [3.63, 3.8) is 0 Å². The lowest BCUT2D eigenvalue weighted by molar-refractivity contribution is 0.137. The lowest BCUT2D eigenvalue weighted by Crippen LogP contribution is -2.45. The second kappa shape index (κ2) is 6.20. The molecule has 2 aliphatic rings. The van der Waals surface area contributed by atoms with Crippen molar-refractivity contribution in [2.75, 3.05) is 7.05 Å². The normalized spacial score (nSPS) is 25.7. The third kappa shape index (κ3) is 2.76. The molecule has 2 unspecified atom stereocenters. The number of likely N-dealkylation sites (N-methyl/N-ethyl adjacent to an activating group) is 1. The van der Waals surface area contributed by atoms with Crippen molar-refractivity contribution in [1.29, 1.82) is 0 Å². The highest BCUT2D eigenvalue weighted by atomic mass is 15.2. The van der Waals surface area contributed by atoms with Crippen molar-refractivity contribution in [1.82, 2.24) is 4.90 Å². The summed E-state index contributed by atoms with van der Waals surface area (Å²) in [7, 11) is 2.32. The van der Waals surface area contributed by atoms with Crippen LogP contribution in [0.1, 0.15) is 81.9 Å². The van der Waals surface area contributed by atoms with Crippen LogP contribution in [0.15, 0.2) is 24.3 Å². The Bertz CT molecular complexity index is 541. The van der Waals surface area contributed by atoms with Crippen molar-refractivity contribution in [2.24, 2.45) is 0 Å². The molecule has 22 heavy (non-hydrogen) atoms. The molecule has 1 aromatic carbocycles. The van der Waals surface area contributed by atoms with Crippen molar-refractivity contribution < 1.29 is 0 Å². The van der Waals surface area contributed by atoms with Gasteiger partial charge in [0.25, 0.3) is 0 Å². The van der Waals surface area contributed by atoms with Gasteiger partial charge in [-0.25, -0.2) is 0 Å². The van der Waals surface area contributed by atoms with E-state index in [1.54, 1.807) is 22.3 Å². The molecule has 0 aliphatic carbocycles. The van der Waals surface area contributed by atoms with Gasteiger partial charge >= 0.3 is 0 Å². The minimum atomic E-state index is 0.592. The first kappa shape index (κ1) is 15.8. The molecule has 120 valence electrons. The Hall–Kier alpha value is -1.08. The number of nitrogens with zero attached hydrogens (tertiary/aromatic N) is 1. The maximum Gasteiger partial charge on any atom is 0.0284 e. The van der Waals surface area contributed by atoms with Crippen LogP contribution < -0.4 is 0 Å². The van der Waals surface area contributed by atoms with Crippen molar-refractivity contribution in [2.45, 2.75) is 77.3 Å². The minimum absolute atomic E-state index is 0.592. The summed E-state index contributed by atoms with van der Waals surface area (Å²) in [6.45, 7) is 9.33. The average Bonchev–Trinajstić information content (AvgIpc) is 2.46. The van der Waals surface area contributed by atoms with Crippen LogP contribution >= 0.6 is 0 Å². The molecule has 0 radical (unpaired) electrons. The van der Waals surface area contributed by atoms with Crippen LogP contribution in [-0.2, 0) is 0 Å². The molecule has 0 spiro atoms. The van der Waals surface area contributed by atoms with Crippen LogP contribution in [-0.4, -0.2) is 24.0 Å². The van der Waals surface area contributed by atoms with E-state index in [9.17, 15) is 0 Å². The summed E-state index contributed by atoms with van der Waals surface area (Å²) >= 11 is 0.